The summed E-state index contributed by atoms with van der Waals surface area (Å²) in [5, 5.41) is 5.62. The summed E-state index contributed by atoms with van der Waals surface area (Å²) in [4.78, 5) is 2.49. The van der Waals surface area contributed by atoms with Gasteiger partial charge in [-0.2, -0.15) is 5.10 Å². The molecule has 0 amide bonds. The quantitative estimate of drug-likeness (QED) is 0.784. The van der Waals surface area contributed by atoms with Crippen LogP contribution in [0.3, 0.4) is 0 Å². The molecule has 1 aliphatic rings. The Bertz CT molecular complexity index is 651. The van der Waals surface area contributed by atoms with Crippen LogP contribution in [-0.2, 0) is 0 Å². The molecule has 0 radical (unpaired) electrons. The Hall–Kier alpha value is -1.13. The number of nitrogens with zero attached hydrogens (tertiary/aromatic N) is 3. The Morgan fingerprint density at radius 3 is 2.52 bits per heavy atom. The maximum Gasteiger partial charge on any atom is 0.152 e. The fourth-order valence-corrected chi connectivity index (χ4v) is 3.28. The van der Waals surface area contributed by atoms with Crippen LogP contribution in [0.15, 0.2) is 18.3 Å². The molecule has 0 atom stereocenters. The average Bonchev–Trinajstić information content (AvgIpc) is 2.82. The number of likely N-dealkylation sites (tertiary alicyclic amines) is 1. The molecule has 3 nitrogen and oxygen atoms in total. The van der Waals surface area contributed by atoms with E-state index in [9.17, 15) is 4.39 Å². The number of piperidine rings is 1. The van der Waals surface area contributed by atoms with Crippen molar-refractivity contribution in [2.24, 2.45) is 0 Å². The standard InChI is InChI=1S/C16H21ClFN3/c1-16(2,3)20-6-4-13(5-7-20)21-10-11-8-12(17)9-14(18)15(11)19-21/h8-10,13H,4-7H2,1-3H3. The summed E-state index contributed by atoms with van der Waals surface area (Å²) in [5.41, 5.74) is 0.622. The van der Waals surface area contributed by atoms with Crippen molar-refractivity contribution in [1.82, 2.24) is 14.7 Å². The molecule has 0 spiro atoms. The molecule has 114 valence electrons. The summed E-state index contributed by atoms with van der Waals surface area (Å²) in [6.45, 7) is 8.83. The molecule has 0 unspecified atom stereocenters. The van der Waals surface area contributed by atoms with Crippen LogP contribution >= 0.6 is 11.6 Å². The van der Waals surface area contributed by atoms with Crippen LogP contribution in [0.1, 0.15) is 39.7 Å². The van der Waals surface area contributed by atoms with Gasteiger partial charge in [0.05, 0.1) is 6.04 Å². The zero-order chi connectivity index (χ0) is 15.2. The molecule has 1 aliphatic heterocycles. The number of fused-ring (bicyclic) bond motifs is 1. The number of hydrogen-bond donors (Lipinski definition) is 0. The predicted molar refractivity (Wildman–Crippen MR) is 84.3 cm³/mol. The van der Waals surface area contributed by atoms with Crippen molar-refractivity contribution in [3.63, 3.8) is 0 Å². The van der Waals surface area contributed by atoms with Gasteiger partial charge < -0.3 is 0 Å². The number of aromatic nitrogens is 2. The molecule has 1 aromatic carbocycles. The van der Waals surface area contributed by atoms with Gasteiger partial charge in [-0.1, -0.05) is 11.6 Å². The van der Waals surface area contributed by atoms with E-state index in [-0.39, 0.29) is 11.4 Å². The number of hydrogen-bond acceptors (Lipinski definition) is 2. The lowest BCUT2D eigenvalue weighted by Crippen LogP contribution is -2.46. The highest BCUT2D eigenvalue weighted by molar-refractivity contribution is 6.31. The highest BCUT2D eigenvalue weighted by Crippen LogP contribution is 2.29. The highest BCUT2D eigenvalue weighted by Gasteiger charge is 2.28. The third-order valence-electron chi connectivity index (χ3n) is 4.33. The second-order valence-corrected chi connectivity index (χ2v) is 7.26. The van der Waals surface area contributed by atoms with Crippen molar-refractivity contribution >= 4 is 22.5 Å². The lowest BCUT2D eigenvalue weighted by molar-refractivity contribution is 0.0872. The summed E-state index contributed by atoms with van der Waals surface area (Å²) in [5.74, 6) is -0.344. The first-order chi connectivity index (χ1) is 9.84. The van der Waals surface area contributed by atoms with Crippen LogP contribution in [0.2, 0.25) is 5.02 Å². The van der Waals surface area contributed by atoms with Gasteiger partial charge in [-0.05, 0) is 45.7 Å². The molecular weight excluding hydrogens is 289 g/mol. The average molecular weight is 310 g/mol. The van der Waals surface area contributed by atoms with Crippen LogP contribution in [0.4, 0.5) is 4.39 Å². The van der Waals surface area contributed by atoms with E-state index in [0.717, 1.165) is 31.3 Å². The van der Waals surface area contributed by atoms with Crippen molar-refractivity contribution in [2.45, 2.75) is 45.2 Å². The predicted octanol–water partition coefficient (Wildman–Crippen LogP) is 4.26. The summed E-state index contributed by atoms with van der Waals surface area (Å²) in [6, 6.07) is 3.44. The fraction of sp³-hybridized carbons (Fsp3) is 0.562. The molecule has 2 aromatic rings. The van der Waals surface area contributed by atoms with Crippen molar-refractivity contribution in [1.29, 1.82) is 0 Å². The van der Waals surface area contributed by atoms with Gasteiger partial charge in [0, 0.05) is 35.2 Å². The molecular formula is C16H21ClFN3. The van der Waals surface area contributed by atoms with Crippen molar-refractivity contribution in [3.05, 3.63) is 29.2 Å². The van der Waals surface area contributed by atoms with Crippen LogP contribution in [0.25, 0.3) is 10.9 Å². The minimum absolute atomic E-state index is 0.208. The van der Waals surface area contributed by atoms with E-state index >= 15 is 0 Å². The van der Waals surface area contributed by atoms with E-state index < -0.39 is 0 Å². The van der Waals surface area contributed by atoms with Gasteiger partial charge in [-0.3, -0.25) is 9.58 Å². The molecule has 0 aliphatic carbocycles. The fourth-order valence-electron chi connectivity index (χ4n) is 3.06. The van der Waals surface area contributed by atoms with E-state index in [1.165, 1.54) is 6.07 Å². The van der Waals surface area contributed by atoms with E-state index in [0.29, 0.717) is 16.6 Å². The molecule has 21 heavy (non-hydrogen) atoms. The molecule has 1 fully saturated rings. The molecule has 0 bridgehead atoms. The third kappa shape index (κ3) is 2.92. The Morgan fingerprint density at radius 2 is 1.90 bits per heavy atom. The van der Waals surface area contributed by atoms with Gasteiger partial charge in [0.2, 0.25) is 0 Å². The maximum absolute atomic E-state index is 13.9. The van der Waals surface area contributed by atoms with Crippen LogP contribution < -0.4 is 0 Å². The molecule has 0 saturated carbocycles. The summed E-state index contributed by atoms with van der Waals surface area (Å²) in [6.07, 6.45) is 4.00. The third-order valence-corrected chi connectivity index (χ3v) is 4.55. The van der Waals surface area contributed by atoms with E-state index in [2.05, 4.69) is 30.8 Å². The molecule has 5 heteroatoms. The molecule has 1 saturated heterocycles. The topological polar surface area (TPSA) is 21.1 Å². The van der Waals surface area contributed by atoms with Crippen LogP contribution in [0.5, 0.6) is 0 Å². The van der Waals surface area contributed by atoms with E-state index in [1.54, 1.807) is 6.07 Å². The molecule has 1 aromatic heterocycles. The highest BCUT2D eigenvalue weighted by atomic mass is 35.5. The molecule has 0 N–H and O–H groups in total. The molecule has 3 rings (SSSR count). The first-order valence-electron chi connectivity index (χ1n) is 7.43. The summed E-state index contributed by atoms with van der Waals surface area (Å²) < 4.78 is 15.8. The van der Waals surface area contributed by atoms with Gasteiger partial charge in [-0.25, -0.2) is 4.39 Å². The smallest absolute Gasteiger partial charge is 0.152 e. The second kappa shape index (κ2) is 5.25. The monoisotopic (exact) mass is 309 g/mol. The van der Waals surface area contributed by atoms with Gasteiger partial charge in [-0.15, -0.1) is 0 Å². The van der Waals surface area contributed by atoms with Gasteiger partial charge in [0.15, 0.2) is 5.82 Å². The SMILES string of the molecule is CC(C)(C)N1CCC(n2cc3cc(Cl)cc(F)c3n2)CC1. The Labute approximate surface area is 129 Å². The van der Waals surface area contributed by atoms with Gasteiger partial charge in [0.25, 0.3) is 0 Å². The first kappa shape index (κ1) is 14.8. The zero-order valence-electron chi connectivity index (χ0n) is 12.7. The summed E-state index contributed by atoms with van der Waals surface area (Å²) >= 11 is 5.90. The second-order valence-electron chi connectivity index (χ2n) is 6.82. The minimum atomic E-state index is -0.344. The lowest BCUT2D eigenvalue weighted by atomic mass is 9.98. The van der Waals surface area contributed by atoms with E-state index in [4.69, 9.17) is 11.6 Å². The zero-order valence-corrected chi connectivity index (χ0v) is 13.5. The minimum Gasteiger partial charge on any atom is -0.298 e. The lowest BCUT2D eigenvalue weighted by Gasteiger charge is -2.40. The van der Waals surface area contributed by atoms with Crippen molar-refractivity contribution in [2.75, 3.05) is 13.1 Å². The van der Waals surface area contributed by atoms with Crippen molar-refractivity contribution < 1.29 is 4.39 Å². The van der Waals surface area contributed by atoms with Gasteiger partial charge in [0.1, 0.15) is 5.52 Å². The molecule has 2 heterocycles. The Balaban J connectivity index is 1.81. The number of halogens is 2. The van der Waals surface area contributed by atoms with Crippen molar-refractivity contribution in [3.8, 4) is 0 Å². The normalized spacial score (nSPS) is 18.5. The first-order valence-corrected chi connectivity index (χ1v) is 7.81. The van der Waals surface area contributed by atoms with Crippen LogP contribution in [-0.4, -0.2) is 33.3 Å². The summed E-state index contributed by atoms with van der Waals surface area (Å²) in [7, 11) is 0. The van der Waals surface area contributed by atoms with E-state index in [1.807, 2.05) is 10.9 Å². The van der Waals surface area contributed by atoms with Gasteiger partial charge >= 0.3 is 0 Å². The number of benzene rings is 1. The number of rotatable bonds is 1. The maximum atomic E-state index is 13.9. The largest absolute Gasteiger partial charge is 0.298 e. The van der Waals surface area contributed by atoms with Crippen LogP contribution in [0, 0.1) is 5.82 Å². The Morgan fingerprint density at radius 1 is 1.24 bits per heavy atom. The Kier molecular flexibility index (Phi) is 3.70.